The molecule has 5 heteroatoms. The van der Waals surface area contributed by atoms with Gasteiger partial charge in [-0.25, -0.2) is 9.48 Å². The number of rotatable bonds is 5. The van der Waals surface area contributed by atoms with Crippen LogP contribution in [0.3, 0.4) is 0 Å². The molecule has 1 aromatic heterocycles. The zero-order chi connectivity index (χ0) is 23.4. The molecule has 0 spiro atoms. The molecule has 4 aromatic rings. The Morgan fingerprint density at radius 1 is 0.970 bits per heavy atom. The molecule has 0 radical (unpaired) electrons. The summed E-state index contributed by atoms with van der Waals surface area (Å²) in [6, 6.07) is 23.0. The largest absolute Gasteiger partial charge is 0.459 e. The van der Waals surface area contributed by atoms with Crippen molar-refractivity contribution in [3.63, 3.8) is 0 Å². The summed E-state index contributed by atoms with van der Waals surface area (Å²) >= 11 is 0. The molecule has 0 N–H and O–H groups in total. The fraction of sp³-hybridized carbons (Fsp3) is 0.214. The van der Waals surface area contributed by atoms with Crippen LogP contribution in [0.2, 0.25) is 0 Å². The van der Waals surface area contributed by atoms with Crippen molar-refractivity contribution >= 4 is 16.9 Å². The van der Waals surface area contributed by atoms with Crippen LogP contribution in [0.25, 0.3) is 10.9 Å². The number of aryl methyl sites for hydroxylation is 1. The van der Waals surface area contributed by atoms with E-state index in [9.17, 15) is 9.59 Å². The highest BCUT2D eigenvalue weighted by atomic mass is 16.5. The fourth-order valence-electron chi connectivity index (χ4n) is 3.70. The van der Waals surface area contributed by atoms with E-state index in [-0.39, 0.29) is 17.6 Å². The van der Waals surface area contributed by atoms with E-state index in [1.807, 2.05) is 86.2 Å². The summed E-state index contributed by atoms with van der Waals surface area (Å²) in [7, 11) is 1.87. The number of carbonyl (C=O) groups is 1. The average molecular weight is 439 g/mol. The highest BCUT2D eigenvalue weighted by Gasteiger charge is 2.13. The molecule has 0 aliphatic rings. The smallest absolute Gasteiger partial charge is 0.338 e. The molecule has 0 aliphatic carbocycles. The molecule has 1 heterocycles. The topological polar surface area (TPSA) is 53.2 Å². The maximum absolute atomic E-state index is 13.1. The average Bonchev–Trinajstić information content (AvgIpc) is 3.04. The standard InChI is InChI=1S/C28H26N2O3/c1-20(2)33-28(32)24-15-12-23(13-16-24)19-30-27(31)25-18-22(14-17-26(25)29(30)3)11-7-10-21-8-5-4-6-9-21/h4-6,8-9,12-18,20H,10,19H2,1-3H3. The van der Waals surface area contributed by atoms with Crippen LogP contribution in [-0.4, -0.2) is 21.4 Å². The van der Waals surface area contributed by atoms with Gasteiger partial charge in [0.1, 0.15) is 0 Å². The second-order valence-electron chi connectivity index (χ2n) is 8.23. The van der Waals surface area contributed by atoms with Gasteiger partial charge >= 0.3 is 5.97 Å². The number of ether oxygens (including phenoxy) is 1. The molecule has 33 heavy (non-hydrogen) atoms. The summed E-state index contributed by atoms with van der Waals surface area (Å²) in [5.74, 6) is 6.01. The summed E-state index contributed by atoms with van der Waals surface area (Å²) in [6.07, 6.45) is 0.498. The predicted molar refractivity (Wildman–Crippen MR) is 130 cm³/mol. The number of aromatic nitrogens is 2. The van der Waals surface area contributed by atoms with Gasteiger partial charge in [-0.2, -0.15) is 0 Å². The van der Waals surface area contributed by atoms with Crippen LogP contribution in [-0.2, 0) is 24.8 Å². The van der Waals surface area contributed by atoms with Crippen LogP contribution in [0.5, 0.6) is 0 Å². The van der Waals surface area contributed by atoms with Crippen LogP contribution in [0.15, 0.2) is 77.6 Å². The molecular formula is C28H26N2O3. The zero-order valence-corrected chi connectivity index (χ0v) is 19.0. The first kappa shape index (κ1) is 22.2. The van der Waals surface area contributed by atoms with E-state index in [0.717, 1.165) is 22.2 Å². The van der Waals surface area contributed by atoms with E-state index in [4.69, 9.17) is 4.74 Å². The van der Waals surface area contributed by atoms with E-state index in [2.05, 4.69) is 11.8 Å². The molecule has 0 atom stereocenters. The number of fused-ring (bicyclic) bond motifs is 1. The Balaban J connectivity index is 1.55. The lowest BCUT2D eigenvalue weighted by Crippen LogP contribution is -2.22. The quantitative estimate of drug-likeness (QED) is 0.339. The van der Waals surface area contributed by atoms with Gasteiger partial charge in [0.2, 0.25) is 0 Å². The third-order valence-electron chi connectivity index (χ3n) is 5.40. The molecule has 166 valence electrons. The van der Waals surface area contributed by atoms with E-state index in [1.54, 1.807) is 16.8 Å². The van der Waals surface area contributed by atoms with Gasteiger partial charge in [-0.1, -0.05) is 54.3 Å². The van der Waals surface area contributed by atoms with E-state index in [0.29, 0.717) is 23.9 Å². The van der Waals surface area contributed by atoms with Crippen molar-refractivity contribution in [1.82, 2.24) is 9.36 Å². The normalized spacial score (nSPS) is 10.8. The Hall–Kier alpha value is -4.04. The second kappa shape index (κ2) is 9.62. The summed E-state index contributed by atoms with van der Waals surface area (Å²) in [5.41, 5.74) is 4.19. The highest BCUT2D eigenvalue weighted by Crippen LogP contribution is 2.15. The fourth-order valence-corrected chi connectivity index (χ4v) is 3.70. The number of hydrogen-bond donors (Lipinski definition) is 0. The Kier molecular flexibility index (Phi) is 6.46. The number of nitrogens with zero attached hydrogens (tertiary/aromatic N) is 2. The zero-order valence-electron chi connectivity index (χ0n) is 19.0. The van der Waals surface area contributed by atoms with Crippen molar-refractivity contribution in [2.45, 2.75) is 32.9 Å². The molecule has 4 rings (SSSR count). The van der Waals surface area contributed by atoms with Crippen LogP contribution in [0, 0.1) is 11.8 Å². The second-order valence-corrected chi connectivity index (χ2v) is 8.23. The first-order valence-electron chi connectivity index (χ1n) is 10.9. The SMILES string of the molecule is CC(C)OC(=O)c1ccc(Cn2c(=O)c3cc(C#CCc4ccccc4)ccc3n2C)cc1. The van der Waals surface area contributed by atoms with Crippen molar-refractivity contribution in [1.29, 1.82) is 0 Å². The molecular weight excluding hydrogens is 412 g/mol. The Bertz CT molecular complexity index is 1400. The molecule has 3 aromatic carbocycles. The molecule has 0 bridgehead atoms. The highest BCUT2D eigenvalue weighted by molar-refractivity contribution is 5.89. The first-order chi connectivity index (χ1) is 15.9. The predicted octanol–water partition coefficient (Wildman–Crippen LogP) is 4.55. The van der Waals surface area contributed by atoms with Gasteiger partial charge in [0.05, 0.1) is 29.1 Å². The maximum Gasteiger partial charge on any atom is 0.338 e. The van der Waals surface area contributed by atoms with Gasteiger partial charge in [-0.15, -0.1) is 0 Å². The minimum Gasteiger partial charge on any atom is -0.459 e. The Morgan fingerprint density at radius 2 is 1.70 bits per heavy atom. The van der Waals surface area contributed by atoms with Crippen molar-refractivity contribution < 1.29 is 9.53 Å². The lowest BCUT2D eigenvalue weighted by Gasteiger charge is -2.10. The molecule has 5 nitrogen and oxygen atoms in total. The minimum atomic E-state index is -0.348. The Labute approximate surface area is 193 Å². The van der Waals surface area contributed by atoms with Crippen LogP contribution in [0.4, 0.5) is 0 Å². The third-order valence-corrected chi connectivity index (χ3v) is 5.40. The van der Waals surface area contributed by atoms with Crippen LogP contribution in [0.1, 0.15) is 40.9 Å². The molecule has 0 fully saturated rings. The van der Waals surface area contributed by atoms with Crippen molar-refractivity contribution in [2.24, 2.45) is 7.05 Å². The van der Waals surface area contributed by atoms with Gasteiger partial charge in [0, 0.05) is 19.0 Å². The van der Waals surface area contributed by atoms with Gasteiger partial charge in [0.15, 0.2) is 0 Å². The van der Waals surface area contributed by atoms with Gasteiger partial charge < -0.3 is 4.74 Å². The Morgan fingerprint density at radius 3 is 2.39 bits per heavy atom. The number of hydrogen-bond acceptors (Lipinski definition) is 3. The van der Waals surface area contributed by atoms with Crippen LogP contribution >= 0.6 is 0 Å². The van der Waals surface area contributed by atoms with E-state index >= 15 is 0 Å². The molecule has 0 saturated carbocycles. The summed E-state index contributed by atoms with van der Waals surface area (Å²) < 4.78 is 8.78. The summed E-state index contributed by atoms with van der Waals surface area (Å²) in [5, 5.41) is 0.640. The molecule has 0 amide bonds. The van der Waals surface area contributed by atoms with E-state index < -0.39 is 0 Å². The third kappa shape index (κ3) is 5.07. The van der Waals surface area contributed by atoms with Crippen LogP contribution < -0.4 is 5.56 Å². The lowest BCUT2D eigenvalue weighted by atomic mass is 10.1. The number of carbonyl (C=O) groups excluding carboxylic acids is 1. The van der Waals surface area contributed by atoms with E-state index in [1.165, 1.54) is 0 Å². The minimum absolute atomic E-state index is 0.0671. The maximum atomic E-state index is 13.1. The molecule has 0 aliphatic heterocycles. The van der Waals surface area contributed by atoms with Gasteiger partial charge in [0.25, 0.3) is 5.56 Å². The summed E-state index contributed by atoms with van der Waals surface area (Å²) in [4.78, 5) is 25.2. The van der Waals surface area contributed by atoms with Crippen molar-refractivity contribution in [3.8, 4) is 11.8 Å². The first-order valence-corrected chi connectivity index (χ1v) is 10.9. The number of benzene rings is 3. The van der Waals surface area contributed by atoms with Crippen molar-refractivity contribution in [2.75, 3.05) is 0 Å². The molecule has 0 unspecified atom stereocenters. The number of esters is 1. The van der Waals surface area contributed by atoms with Gasteiger partial charge in [-0.05, 0) is 55.3 Å². The monoisotopic (exact) mass is 438 g/mol. The summed E-state index contributed by atoms with van der Waals surface area (Å²) in [6.45, 7) is 4.04. The lowest BCUT2D eigenvalue weighted by molar-refractivity contribution is 0.0378. The molecule has 0 saturated heterocycles. The van der Waals surface area contributed by atoms with Crippen molar-refractivity contribution in [3.05, 3.63) is 105 Å². The van der Waals surface area contributed by atoms with Gasteiger partial charge in [-0.3, -0.25) is 9.48 Å².